The molecule has 1 aliphatic carbocycles. The Morgan fingerprint density at radius 2 is 2.38 bits per heavy atom. The number of carbonyl (C=O) groups excluding carboxylic acids is 1. The van der Waals surface area contributed by atoms with E-state index in [4.69, 9.17) is 4.74 Å². The van der Waals surface area contributed by atoms with E-state index >= 15 is 0 Å². The summed E-state index contributed by atoms with van der Waals surface area (Å²) < 4.78 is 7.14. The van der Waals surface area contributed by atoms with Crippen molar-refractivity contribution in [3.05, 3.63) is 29.7 Å². The number of nitrogens with zero attached hydrogens (tertiary/aromatic N) is 4. The number of anilines is 1. The summed E-state index contributed by atoms with van der Waals surface area (Å²) in [7, 11) is 1.54. The number of thiazole rings is 1. The van der Waals surface area contributed by atoms with Crippen LogP contribution in [0, 0.1) is 0 Å². The average Bonchev–Trinajstić information content (AvgIpc) is 3.25. The van der Waals surface area contributed by atoms with E-state index in [0.29, 0.717) is 23.3 Å². The maximum atomic E-state index is 12.4. The third kappa shape index (κ3) is 2.67. The molecular weight excluding hydrogens is 328 g/mol. The number of carbonyl (C=O) groups is 1. The molecule has 0 unspecified atom stereocenters. The normalized spacial score (nSPS) is 14.4. The van der Waals surface area contributed by atoms with Crippen LogP contribution in [0.25, 0.3) is 10.6 Å². The lowest BCUT2D eigenvalue weighted by molar-refractivity contribution is 0.102. The molecule has 1 amide bonds. The van der Waals surface area contributed by atoms with Gasteiger partial charge in [0.15, 0.2) is 0 Å². The first-order valence-electron chi connectivity index (χ1n) is 7.64. The Labute approximate surface area is 141 Å². The standard InChI is InChI=1S/C15H16N6O2S/c1-23-14-11(7-21(20-14)10-3-2-4-10)18-13(22)12-8-24-15(19-12)9-5-16-17-6-9/h5-8,10H,2-4H2,1H3,(H,16,17)(H,18,22). The molecule has 1 aliphatic rings. The van der Waals surface area contributed by atoms with E-state index in [1.807, 2.05) is 10.9 Å². The summed E-state index contributed by atoms with van der Waals surface area (Å²) >= 11 is 1.39. The zero-order valence-electron chi connectivity index (χ0n) is 13.0. The number of hydrogen-bond acceptors (Lipinski definition) is 6. The molecule has 2 N–H and O–H groups in total. The number of aromatic nitrogens is 5. The highest BCUT2D eigenvalue weighted by Gasteiger charge is 2.23. The Hall–Kier alpha value is -2.68. The van der Waals surface area contributed by atoms with Crippen molar-refractivity contribution in [2.24, 2.45) is 0 Å². The molecule has 0 spiro atoms. The second-order valence-corrected chi connectivity index (χ2v) is 6.45. The summed E-state index contributed by atoms with van der Waals surface area (Å²) in [4.78, 5) is 16.8. The molecule has 3 heterocycles. The van der Waals surface area contributed by atoms with Gasteiger partial charge in [-0.3, -0.25) is 14.6 Å². The summed E-state index contributed by atoms with van der Waals surface area (Å²) in [5, 5.41) is 16.3. The third-order valence-electron chi connectivity index (χ3n) is 4.07. The average molecular weight is 344 g/mol. The van der Waals surface area contributed by atoms with Gasteiger partial charge in [-0.1, -0.05) is 0 Å². The number of rotatable bonds is 5. The fourth-order valence-corrected chi connectivity index (χ4v) is 3.30. The van der Waals surface area contributed by atoms with E-state index in [2.05, 4.69) is 25.6 Å². The zero-order valence-corrected chi connectivity index (χ0v) is 13.8. The number of hydrogen-bond donors (Lipinski definition) is 2. The molecular formula is C15H16N6O2S. The summed E-state index contributed by atoms with van der Waals surface area (Å²) in [5.41, 5.74) is 1.77. The van der Waals surface area contributed by atoms with Gasteiger partial charge in [0, 0.05) is 17.1 Å². The lowest BCUT2D eigenvalue weighted by atomic mass is 9.93. The van der Waals surface area contributed by atoms with Gasteiger partial charge >= 0.3 is 0 Å². The highest BCUT2D eigenvalue weighted by molar-refractivity contribution is 7.13. The predicted molar refractivity (Wildman–Crippen MR) is 89.3 cm³/mol. The zero-order chi connectivity index (χ0) is 16.5. The second-order valence-electron chi connectivity index (χ2n) is 5.60. The minimum atomic E-state index is -0.285. The van der Waals surface area contributed by atoms with Crippen LogP contribution in [0.3, 0.4) is 0 Å². The Balaban J connectivity index is 1.52. The molecule has 1 saturated carbocycles. The minimum absolute atomic E-state index is 0.285. The van der Waals surface area contributed by atoms with Crippen LogP contribution >= 0.6 is 11.3 Å². The Kier molecular flexibility index (Phi) is 3.77. The Morgan fingerprint density at radius 3 is 3.04 bits per heavy atom. The maximum Gasteiger partial charge on any atom is 0.275 e. The van der Waals surface area contributed by atoms with Gasteiger partial charge < -0.3 is 10.1 Å². The number of aromatic amines is 1. The van der Waals surface area contributed by atoms with Crippen molar-refractivity contribution in [1.29, 1.82) is 0 Å². The minimum Gasteiger partial charge on any atom is -0.478 e. The van der Waals surface area contributed by atoms with E-state index < -0.39 is 0 Å². The molecule has 8 nitrogen and oxygen atoms in total. The fourth-order valence-electron chi connectivity index (χ4n) is 2.51. The van der Waals surface area contributed by atoms with Gasteiger partial charge in [0.1, 0.15) is 16.4 Å². The van der Waals surface area contributed by atoms with Gasteiger partial charge in [0.05, 0.1) is 25.5 Å². The number of nitrogens with one attached hydrogen (secondary N) is 2. The number of methoxy groups -OCH3 is 1. The van der Waals surface area contributed by atoms with Crippen LogP contribution in [0.1, 0.15) is 35.8 Å². The topological polar surface area (TPSA) is 97.7 Å². The molecule has 0 aromatic carbocycles. The predicted octanol–water partition coefficient (Wildman–Crippen LogP) is 2.72. The third-order valence-corrected chi connectivity index (χ3v) is 4.96. The van der Waals surface area contributed by atoms with Crippen molar-refractivity contribution < 1.29 is 9.53 Å². The van der Waals surface area contributed by atoms with Crippen LogP contribution in [-0.4, -0.2) is 38.0 Å². The van der Waals surface area contributed by atoms with E-state index in [1.54, 1.807) is 24.9 Å². The van der Waals surface area contributed by atoms with Crippen molar-refractivity contribution >= 4 is 22.9 Å². The molecule has 0 radical (unpaired) electrons. The first kappa shape index (κ1) is 14.9. The van der Waals surface area contributed by atoms with Crippen molar-refractivity contribution in [1.82, 2.24) is 25.0 Å². The Morgan fingerprint density at radius 1 is 1.50 bits per heavy atom. The SMILES string of the molecule is COc1nn(C2CCC2)cc1NC(=O)c1csc(-c2cn[nH]c2)n1. The van der Waals surface area contributed by atoms with Gasteiger partial charge in [-0.15, -0.1) is 16.4 Å². The van der Waals surface area contributed by atoms with Gasteiger partial charge in [0.25, 0.3) is 11.8 Å². The van der Waals surface area contributed by atoms with Gasteiger partial charge in [-0.05, 0) is 19.3 Å². The van der Waals surface area contributed by atoms with E-state index in [-0.39, 0.29) is 5.91 Å². The quantitative estimate of drug-likeness (QED) is 0.741. The summed E-state index contributed by atoms with van der Waals surface area (Å²) in [6, 6.07) is 0.400. The van der Waals surface area contributed by atoms with E-state index in [1.165, 1.54) is 17.8 Å². The first-order valence-corrected chi connectivity index (χ1v) is 8.51. The molecule has 9 heteroatoms. The van der Waals surface area contributed by atoms with Crippen molar-refractivity contribution in [3.8, 4) is 16.5 Å². The highest BCUT2D eigenvalue weighted by atomic mass is 32.1. The highest BCUT2D eigenvalue weighted by Crippen LogP contribution is 2.34. The molecule has 124 valence electrons. The number of amides is 1. The number of H-pyrrole nitrogens is 1. The molecule has 0 atom stereocenters. The van der Waals surface area contributed by atoms with Crippen LogP contribution < -0.4 is 10.1 Å². The fraction of sp³-hybridized carbons (Fsp3) is 0.333. The molecule has 4 rings (SSSR count). The lowest BCUT2D eigenvalue weighted by Gasteiger charge is -2.25. The molecule has 0 aliphatic heterocycles. The van der Waals surface area contributed by atoms with E-state index in [0.717, 1.165) is 23.4 Å². The molecule has 24 heavy (non-hydrogen) atoms. The second kappa shape index (κ2) is 6.08. The summed E-state index contributed by atoms with van der Waals surface area (Å²) in [6.45, 7) is 0. The van der Waals surface area contributed by atoms with Gasteiger partial charge in [-0.2, -0.15) is 5.10 Å². The summed E-state index contributed by atoms with van der Waals surface area (Å²) in [6.07, 6.45) is 8.67. The lowest BCUT2D eigenvalue weighted by Crippen LogP contribution is -2.17. The smallest absolute Gasteiger partial charge is 0.275 e. The van der Waals surface area contributed by atoms with Crippen LogP contribution in [-0.2, 0) is 0 Å². The van der Waals surface area contributed by atoms with Gasteiger partial charge in [0.2, 0.25) is 0 Å². The first-order chi connectivity index (χ1) is 11.7. The van der Waals surface area contributed by atoms with Crippen LogP contribution in [0.4, 0.5) is 5.69 Å². The van der Waals surface area contributed by atoms with Crippen LogP contribution in [0.5, 0.6) is 5.88 Å². The van der Waals surface area contributed by atoms with Crippen molar-refractivity contribution in [3.63, 3.8) is 0 Å². The van der Waals surface area contributed by atoms with Crippen molar-refractivity contribution in [2.75, 3.05) is 12.4 Å². The monoisotopic (exact) mass is 344 g/mol. The number of ether oxygens (including phenoxy) is 1. The molecule has 3 aromatic rings. The molecule has 1 fully saturated rings. The largest absolute Gasteiger partial charge is 0.478 e. The molecule has 3 aromatic heterocycles. The van der Waals surface area contributed by atoms with Gasteiger partial charge in [-0.25, -0.2) is 4.98 Å². The summed E-state index contributed by atoms with van der Waals surface area (Å²) in [5.74, 6) is 0.132. The molecule has 0 saturated heterocycles. The maximum absolute atomic E-state index is 12.4. The van der Waals surface area contributed by atoms with Crippen LogP contribution in [0.15, 0.2) is 24.0 Å². The Bertz CT molecular complexity index is 849. The van der Waals surface area contributed by atoms with E-state index in [9.17, 15) is 4.79 Å². The van der Waals surface area contributed by atoms with Crippen molar-refractivity contribution in [2.45, 2.75) is 25.3 Å². The van der Waals surface area contributed by atoms with Crippen LogP contribution in [0.2, 0.25) is 0 Å². The molecule has 0 bridgehead atoms.